The molecule has 6 rings (SSSR count). The van der Waals surface area contributed by atoms with Gasteiger partial charge in [0, 0.05) is 49.8 Å². The molecule has 0 bridgehead atoms. The average Bonchev–Trinajstić information content (AvgIpc) is 3.33. The van der Waals surface area contributed by atoms with Gasteiger partial charge in [0.2, 0.25) is 11.9 Å². The topological polar surface area (TPSA) is 91.9 Å². The molecule has 0 atom stereocenters. The van der Waals surface area contributed by atoms with Crippen molar-refractivity contribution < 1.29 is 27.4 Å². The third-order valence-corrected chi connectivity index (χ3v) is 8.02. The number of hydrogen-bond donors (Lipinski definition) is 2. The third kappa shape index (κ3) is 6.00. The fourth-order valence-electron chi connectivity index (χ4n) is 5.69. The van der Waals surface area contributed by atoms with Gasteiger partial charge in [-0.05, 0) is 49.1 Å². The van der Waals surface area contributed by atoms with Crippen LogP contribution in [0, 0.1) is 0 Å². The minimum absolute atomic E-state index is 0.0346. The van der Waals surface area contributed by atoms with E-state index in [1.54, 1.807) is 12.1 Å². The van der Waals surface area contributed by atoms with Crippen molar-refractivity contribution in [2.75, 3.05) is 61.5 Å². The molecular weight excluding hydrogens is 549 g/mol. The van der Waals surface area contributed by atoms with Gasteiger partial charge in [-0.2, -0.15) is 13.2 Å². The predicted molar refractivity (Wildman–Crippen MR) is 153 cm³/mol. The molecule has 1 aromatic heterocycles. The summed E-state index contributed by atoms with van der Waals surface area (Å²) in [6.07, 6.45) is -3.22. The summed E-state index contributed by atoms with van der Waals surface area (Å²) in [5.41, 5.74) is 2.96. The molecule has 3 aliphatic rings. The molecule has 12 heteroatoms. The van der Waals surface area contributed by atoms with E-state index in [1.807, 2.05) is 31.2 Å². The number of piperazine rings is 1. The highest BCUT2D eigenvalue weighted by atomic mass is 19.4. The highest BCUT2D eigenvalue weighted by molar-refractivity contribution is 5.99. The van der Waals surface area contributed by atoms with Gasteiger partial charge in [0.1, 0.15) is 5.75 Å². The van der Waals surface area contributed by atoms with Crippen molar-refractivity contribution in [2.45, 2.75) is 38.4 Å². The molecule has 0 spiro atoms. The number of ether oxygens (including phenoxy) is 2. The number of aromatic nitrogens is 2. The van der Waals surface area contributed by atoms with Gasteiger partial charge in [-0.15, -0.1) is 0 Å². The summed E-state index contributed by atoms with van der Waals surface area (Å²) in [6.45, 7) is 7.59. The number of anilines is 4. The zero-order valence-electron chi connectivity index (χ0n) is 23.3. The summed E-state index contributed by atoms with van der Waals surface area (Å²) in [5, 5.41) is 5.86. The second kappa shape index (κ2) is 11.8. The number of alkyl halides is 3. The van der Waals surface area contributed by atoms with Crippen LogP contribution in [0.25, 0.3) is 0 Å². The quantitative estimate of drug-likeness (QED) is 0.383. The lowest BCUT2D eigenvalue weighted by atomic mass is 9.98. The van der Waals surface area contributed by atoms with E-state index in [-0.39, 0.29) is 30.4 Å². The van der Waals surface area contributed by atoms with Crippen LogP contribution >= 0.6 is 0 Å². The largest absolute Gasteiger partial charge is 0.492 e. The van der Waals surface area contributed by atoms with E-state index in [1.165, 1.54) is 0 Å². The van der Waals surface area contributed by atoms with Crippen LogP contribution < -0.4 is 20.3 Å². The van der Waals surface area contributed by atoms with E-state index in [4.69, 9.17) is 9.47 Å². The normalized spacial score (nSPS) is 17.5. The number of nitrogens with one attached hydrogen (secondary N) is 2. The highest BCUT2D eigenvalue weighted by Crippen LogP contribution is 2.35. The van der Waals surface area contributed by atoms with Crippen LogP contribution in [0.1, 0.15) is 29.3 Å². The Bertz CT molecular complexity index is 1450. The smallest absolute Gasteiger partial charge is 0.419 e. The van der Waals surface area contributed by atoms with E-state index >= 15 is 0 Å². The van der Waals surface area contributed by atoms with Crippen molar-refractivity contribution in [3.05, 3.63) is 65.0 Å². The van der Waals surface area contributed by atoms with Gasteiger partial charge in [0.25, 0.3) is 0 Å². The molecule has 4 heterocycles. The Kier molecular flexibility index (Phi) is 7.91. The zero-order valence-corrected chi connectivity index (χ0v) is 23.3. The minimum Gasteiger partial charge on any atom is -0.492 e. The molecule has 3 aliphatic heterocycles. The monoisotopic (exact) mass is 582 g/mol. The second-order valence-electron chi connectivity index (χ2n) is 10.7. The number of benzene rings is 2. The molecule has 0 aliphatic carbocycles. The average molecular weight is 583 g/mol. The number of carbonyl (C=O) groups excluding carboxylic acids is 1. The highest BCUT2D eigenvalue weighted by Gasteiger charge is 2.35. The molecular formula is C30H33F3N6O3. The molecule has 0 radical (unpaired) electrons. The molecule has 2 aromatic carbocycles. The first-order valence-corrected chi connectivity index (χ1v) is 14.2. The van der Waals surface area contributed by atoms with Crippen LogP contribution in [-0.4, -0.2) is 72.8 Å². The standard InChI is InChI=1S/C30H33F3N6O3/c1-2-42-27-14-20(38-10-12-39(13-11-38)21-17-41-18-21)7-9-26(27)37-29-34-16-23(30(31,32)33)25(36-29)8-6-19-4-3-5-24-22(19)15-28(40)35-24/h3-5,7,9,14,16,21H,2,6,8,10-13,15,17-18H2,1H3,(H,35,40)(H,34,36,37). The summed E-state index contributed by atoms with van der Waals surface area (Å²) < 4.78 is 52.9. The Morgan fingerprint density at radius 2 is 1.93 bits per heavy atom. The Morgan fingerprint density at radius 3 is 2.64 bits per heavy atom. The van der Waals surface area contributed by atoms with Gasteiger partial charge in [0.15, 0.2) is 0 Å². The summed E-state index contributed by atoms with van der Waals surface area (Å²) >= 11 is 0. The van der Waals surface area contributed by atoms with Gasteiger partial charge >= 0.3 is 6.18 Å². The van der Waals surface area contributed by atoms with Crippen molar-refractivity contribution >= 4 is 28.9 Å². The second-order valence-corrected chi connectivity index (χ2v) is 10.7. The van der Waals surface area contributed by atoms with Crippen molar-refractivity contribution in [3.8, 4) is 5.75 Å². The summed E-state index contributed by atoms with van der Waals surface area (Å²) in [4.78, 5) is 24.9. The number of amides is 1. The molecule has 9 nitrogen and oxygen atoms in total. The Labute approximate surface area is 242 Å². The van der Waals surface area contributed by atoms with Crippen molar-refractivity contribution in [1.29, 1.82) is 0 Å². The van der Waals surface area contributed by atoms with Crippen LogP contribution in [0.3, 0.4) is 0 Å². The fourth-order valence-corrected chi connectivity index (χ4v) is 5.69. The molecule has 0 unspecified atom stereocenters. The number of halogens is 3. The number of nitrogens with zero attached hydrogens (tertiary/aromatic N) is 4. The fraction of sp³-hybridized carbons (Fsp3) is 0.433. The van der Waals surface area contributed by atoms with Gasteiger partial charge in [0.05, 0.1) is 49.2 Å². The Balaban J connectivity index is 1.20. The van der Waals surface area contributed by atoms with E-state index in [2.05, 4.69) is 30.4 Å². The lowest BCUT2D eigenvalue weighted by molar-refractivity contribution is -0.138. The maximum atomic E-state index is 13.9. The third-order valence-electron chi connectivity index (χ3n) is 8.02. The first-order chi connectivity index (χ1) is 20.3. The first-order valence-electron chi connectivity index (χ1n) is 14.2. The number of hydrogen-bond acceptors (Lipinski definition) is 8. The molecule has 1 amide bonds. The van der Waals surface area contributed by atoms with Gasteiger partial charge in [-0.3, -0.25) is 9.69 Å². The Hall–Kier alpha value is -3.90. The minimum atomic E-state index is -4.60. The molecule has 2 saturated heterocycles. The van der Waals surface area contributed by atoms with Crippen LogP contribution in [-0.2, 0) is 35.0 Å². The van der Waals surface area contributed by atoms with Crippen LogP contribution in [0.5, 0.6) is 5.75 Å². The van der Waals surface area contributed by atoms with E-state index in [0.29, 0.717) is 36.2 Å². The van der Waals surface area contributed by atoms with E-state index in [9.17, 15) is 18.0 Å². The lowest BCUT2D eigenvalue weighted by Gasteiger charge is -2.43. The van der Waals surface area contributed by atoms with Gasteiger partial charge < -0.3 is 25.0 Å². The van der Waals surface area contributed by atoms with E-state index < -0.39 is 11.7 Å². The molecule has 2 N–H and O–H groups in total. The predicted octanol–water partition coefficient (Wildman–Crippen LogP) is 4.44. The molecule has 3 aromatic rings. The van der Waals surface area contributed by atoms with E-state index in [0.717, 1.165) is 62.4 Å². The van der Waals surface area contributed by atoms with Crippen LogP contribution in [0.2, 0.25) is 0 Å². The lowest BCUT2D eigenvalue weighted by Crippen LogP contribution is -2.56. The molecule has 222 valence electrons. The van der Waals surface area contributed by atoms with Crippen molar-refractivity contribution in [2.24, 2.45) is 0 Å². The van der Waals surface area contributed by atoms with Gasteiger partial charge in [-0.1, -0.05) is 12.1 Å². The number of aryl methyl sites for hydroxylation is 2. The number of rotatable bonds is 9. The summed E-state index contributed by atoms with van der Waals surface area (Å²) in [5.74, 6) is 0.508. The van der Waals surface area contributed by atoms with Crippen LogP contribution in [0.4, 0.5) is 36.2 Å². The maximum absolute atomic E-state index is 13.9. The molecule has 2 fully saturated rings. The summed E-state index contributed by atoms with van der Waals surface area (Å²) in [6, 6.07) is 11.7. The Morgan fingerprint density at radius 1 is 1.12 bits per heavy atom. The van der Waals surface area contributed by atoms with Gasteiger partial charge in [-0.25, -0.2) is 9.97 Å². The van der Waals surface area contributed by atoms with Crippen molar-refractivity contribution in [3.63, 3.8) is 0 Å². The first kappa shape index (κ1) is 28.2. The van der Waals surface area contributed by atoms with Crippen LogP contribution in [0.15, 0.2) is 42.6 Å². The maximum Gasteiger partial charge on any atom is 0.419 e. The SMILES string of the molecule is CCOc1cc(N2CCN(C3COC3)CC2)ccc1Nc1ncc(C(F)(F)F)c(CCc2cccc3c2CC(=O)N3)n1. The zero-order chi connectivity index (χ0) is 29.3. The number of carbonyl (C=O) groups is 1. The molecule has 0 saturated carbocycles. The van der Waals surface area contributed by atoms with Crippen molar-refractivity contribution in [1.82, 2.24) is 14.9 Å². The number of fused-ring (bicyclic) bond motifs is 1. The molecule has 42 heavy (non-hydrogen) atoms. The summed E-state index contributed by atoms with van der Waals surface area (Å²) in [7, 11) is 0.